The molecule has 1 saturated heterocycles. The Balaban J connectivity index is 1.74. The third-order valence-corrected chi connectivity index (χ3v) is 3.37. The van der Waals surface area contributed by atoms with E-state index in [1.807, 2.05) is 29.9 Å². The third-order valence-electron chi connectivity index (χ3n) is 3.37. The van der Waals surface area contributed by atoms with Crippen molar-refractivity contribution in [3.05, 3.63) is 35.8 Å². The van der Waals surface area contributed by atoms with Crippen LogP contribution in [0.1, 0.15) is 30.5 Å². The molecule has 0 aliphatic carbocycles. The van der Waals surface area contributed by atoms with Crippen LogP contribution in [-0.2, 0) is 11.3 Å². The first kappa shape index (κ1) is 13.1. The summed E-state index contributed by atoms with van der Waals surface area (Å²) >= 11 is 0. The van der Waals surface area contributed by atoms with E-state index < -0.39 is 0 Å². The molecular formula is C14H18N4O2. The number of hydrogen-bond acceptors (Lipinski definition) is 5. The van der Waals surface area contributed by atoms with Crippen molar-refractivity contribution >= 4 is 0 Å². The minimum absolute atomic E-state index is 0.379. The van der Waals surface area contributed by atoms with E-state index >= 15 is 0 Å². The standard InChI is InChI=1S/C14H18N4O2/c1-2-20-14-11(4-3-6-15-14)8-18-9-13(16-17-18)12-5-7-19-10-12/h3-4,6,9,12H,2,5,7-8,10H2,1H3/t12-/m1/s1. The van der Waals surface area contributed by atoms with E-state index in [0.717, 1.165) is 30.9 Å². The summed E-state index contributed by atoms with van der Waals surface area (Å²) in [7, 11) is 0. The Morgan fingerprint density at radius 2 is 2.45 bits per heavy atom. The van der Waals surface area contributed by atoms with Crippen LogP contribution in [0.2, 0.25) is 0 Å². The molecule has 1 aliphatic rings. The lowest BCUT2D eigenvalue weighted by atomic mass is 10.1. The highest BCUT2D eigenvalue weighted by molar-refractivity contribution is 5.25. The lowest BCUT2D eigenvalue weighted by Crippen LogP contribution is -2.05. The molecule has 1 fully saturated rings. The van der Waals surface area contributed by atoms with Crippen LogP contribution < -0.4 is 4.74 Å². The first-order valence-corrected chi connectivity index (χ1v) is 6.91. The SMILES string of the molecule is CCOc1ncccc1Cn1cc([C@@H]2CCOC2)nn1. The molecule has 2 aromatic rings. The van der Waals surface area contributed by atoms with Crippen LogP contribution in [0.25, 0.3) is 0 Å². The fraction of sp³-hybridized carbons (Fsp3) is 0.500. The van der Waals surface area contributed by atoms with E-state index in [2.05, 4.69) is 15.3 Å². The van der Waals surface area contributed by atoms with Gasteiger partial charge in [0.1, 0.15) is 0 Å². The second-order valence-electron chi connectivity index (χ2n) is 4.80. The number of pyridine rings is 1. The van der Waals surface area contributed by atoms with Crippen LogP contribution in [0, 0.1) is 0 Å². The van der Waals surface area contributed by atoms with E-state index in [1.165, 1.54) is 0 Å². The molecule has 0 bridgehead atoms. The number of rotatable bonds is 5. The normalized spacial score (nSPS) is 18.4. The Hall–Kier alpha value is -1.95. The average Bonchev–Trinajstić information content (AvgIpc) is 3.12. The van der Waals surface area contributed by atoms with Gasteiger partial charge in [-0.25, -0.2) is 9.67 Å². The maximum absolute atomic E-state index is 5.52. The maximum Gasteiger partial charge on any atom is 0.218 e. The summed E-state index contributed by atoms with van der Waals surface area (Å²) in [6.07, 6.45) is 4.75. The van der Waals surface area contributed by atoms with Gasteiger partial charge in [0.05, 0.1) is 25.5 Å². The van der Waals surface area contributed by atoms with Gasteiger partial charge >= 0.3 is 0 Å². The summed E-state index contributed by atoms with van der Waals surface area (Å²) in [6.45, 7) is 4.73. The zero-order valence-corrected chi connectivity index (χ0v) is 11.5. The molecule has 20 heavy (non-hydrogen) atoms. The molecule has 3 heterocycles. The van der Waals surface area contributed by atoms with Crippen LogP contribution in [0.3, 0.4) is 0 Å². The Morgan fingerprint density at radius 1 is 1.50 bits per heavy atom. The molecule has 6 nitrogen and oxygen atoms in total. The number of nitrogens with zero attached hydrogens (tertiary/aromatic N) is 4. The van der Waals surface area contributed by atoms with Crippen molar-refractivity contribution < 1.29 is 9.47 Å². The molecule has 6 heteroatoms. The highest BCUT2D eigenvalue weighted by Gasteiger charge is 2.20. The second-order valence-corrected chi connectivity index (χ2v) is 4.80. The van der Waals surface area contributed by atoms with Gasteiger partial charge in [0.2, 0.25) is 5.88 Å². The van der Waals surface area contributed by atoms with Crippen molar-refractivity contribution in [2.75, 3.05) is 19.8 Å². The fourth-order valence-corrected chi connectivity index (χ4v) is 2.33. The van der Waals surface area contributed by atoms with Crippen LogP contribution in [0.4, 0.5) is 0 Å². The summed E-state index contributed by atoms with van der Waals surface area (Å²) in [5.74, 6) is 1.04. The molecule has 0 aromatic carbocycles. The van der Waals surface area contributed by atoms with Gasteiger partial charge in [-0.05, 0) is 19.4 Å². The fourth-order valence-electron chi connectivity index (χ4n) is 2.33. The highest BCUT2D eigenvalue weighted by atomic mass is 16.5. The zero-order valence-electron chi connectivity index (χ0n) is 11.5. The van der Waals surface area contributed by atoms with Gasteiger partial charge in [-0.15, -0.1) is 5.10 Å². The van der Waals surface area contributed by atoms with Crippen LogP contribution in [0.15, 0.2) is 24.5 Å². The summed E-state index contributed by atoms with van der Waals surface area (Å²) in [5, 5.41) is 8.43. The quantitative estimate of drug-likeness (QED) is 0.829. The van der Waals surface area contributed by atoms with E-state index in [0.29, 0.717) is 24.9 Å². The Labute approximate surface area is 117 Å². The van der Waals surface area contributed by atoms with Crippen molar-refractivity contribution in [1.82, 2.24) is 20.0 Å². The molecule has 0 amide bonds. The van der Waals surface area contributed by atoms with Crippen molar-refractivity contribution in [2.24, 2.45) is 0 Å². The van der Waals surface area contributed by atoms with Crippen molar-refractivity contribution in [3.8, 4) is 5.88 Å². The highest BCUT2D eigenvalue weighted by Crippen LogP contribution is 2.23. The smallest absolute Gasteiger partial charge is 0.218 e. The van der Waals surface area contributed by atoms with E-state index in [-0.39, 0.29) is 0 Å². The topological polar surface area (TPSA) is 62.1 Å². The summed E-state index contributed by atoms with van der Waals surface area (Å²) < 4.78 is 12.7. The molecule has 0 saturated carbocycles. The largest absolute Gasteiger partial charge is 0.478 e. The molecule has 0 N–H and O–H groups in total. The molecule has 1 atom stereocenters. The van der Waals surface area contributed by atoms with E-state index in [4.69, 9.17) is 9.47 Å². The molecule has 3 rings (SSSR count). The third kappa shape index (κ3) is 2.80. The Bertz CT molecular complexity index is 564. The number of hydrogen-bond donors (Lipinski definition) is 0. The van der Waals surface area contributed by atoms with Crippen LogP contribution >= 0.6 is 0 Å². The van der Waals surface area contributed by atoms with Gasteiger partial charge < -0.3 is 9.47 Å². The molecular weight excluding hydrogens is 256 g/mol. The lowest BCUT2D eigenvalue weighted by Gasteiger charge is -2.08. The molecule has 2 aromatic heterocycles. The van der Waals surface area contributed by atoms with Crippen LogP contribution in [-0.4, -0.2) is 39.8 Å². The van der Waals surface area contributed by atoms with E-state index in [1.54, 1.807) is 6.20 Å². The summed E-state index contributed by atoms with van der Waals surface area (Å²) in [5.41, 5.74) is 2.01. The minimum atomic E-state index is 0.379. The first-order chi connectivity index (χ1) is 9.86. The number of ether oxygens (including phenoxy) is 2. The van der Waals surface area contributed by atoms with Crippen molar-refractivity contribution in [2.45, 2.75) is 25.8 Å². The van der Waals surface area contributed by atoms with Gasteiger partial charge in [0, 0.05) is 30.5 Å². The predicted octanol–water partition coefficient (Wildman–Crippen LogP) is 1.62. The second kappa shape index (κ2) is 6.00. The minimum Gasteiger partial charge on any atom is -0.478 e. The summed E-state index contributed by atoms with van der Waals surface area (Å²) in [6, 6.07) is 3.90. The molecule has 0 radical (unpaired) electrons. The maximum atomic E-state index is 5.52. The van der Waals surface area contributed by atoms with Crippen molar-refractivity contribution in [1.29, 1.82) is 0 Å². The van der Waals surface area contributed by atoms with Gasteiger partial charge in [-0.2, -0.15) is 0 Å². The summed E-state index contributed by atoms with van der Waals surface area (Å²) in [4.78, 5) is 4.25. The average molecular weight is 274 g/mol. The molecule has 106 valence electrons. The molecule has 1 aliphatic heterocycles. The van der Waals surface area contributed by atoms with Gasteiger partial charge in [0.25, 0.3) is 0 Å². The predicted molar refractivity (Wildman–Crippen MR) is 72.7 cm³/mol. The number of aromatic nitrogens is 4. The Kier molecular flexibility index (Phi) is 3.92. The zero-order chi connectivity index (χ0) is 13.8. The van der Waals surface area contributed by atoms with Gasteiger partial charge in [0.15, 0.2) is 0 Å². The van der Waals surface area contributed by atoms with Crippen molar-refractivity contribution in [3.63, 3.8) is 0 Å². The molecule has 0 unspecified atom stereocenters. The lowest BCUT2D eigenvalue weighted by molar-refractivity contribution is 0.193. The van der Waals surface area contributed by atoms with Gasteiger partial charge in [-0.1, -0.05) is 11.3 Å². The first-order valence-electron chi connectivity index (χ1n) is 6.91. The Morgan fingerprint density at radius 3 is 3.25 bits per heavy atom. The van der Waals surface area contributed by atoms with Gasteiger partial charge in [-0.3, -0.25) is 0 Å². The monoisotopic (exact) mass is 274 g/mol. The van der Waals surface area contributed by atoms with E-state index in [9.17, 15) is 0 Å². The van der Waals surface area contributed by atoms with Crippen LogP contribution in [0.5, 0.6) is 5.88 Å². The molecule has 0 spiro atoms.